The highest BCUT2D eigenvalue weighted by Gasteiger charge is 2.17. The highest BCUT2D eigenvalue weighted by molar-refractivity contribution is 6.40. The highest BCUT2D eigenvalue weighted by Crippen LogP contribution is 2.16. The zero-order valence-corrected chi connectivity index (χ0v) is 18.0. The summed E-state index contributed by atoms with van der Waals surface area (Å²) in [6.07, 6.45) is 0. The molecule has 0 unspecified atom stereocenters. The Morgan fingerprint density at radius 2 is 1.50 bits per heavy atom. The van der Waals surface area contributed by atoms with Gasteiger partial charge in [0.2, 0.25) is 0 Å². The Hall–Kier alpha value is -4.13. The highest BCUT2D eigenvalue weighted by atomic mass is 16.5. The smallest absolute Gasteiger partial charge is 0.313 e. The largest absolute Gasteiger partial charge is 0.497 e. The molecule has 0 aliphatic rings. The standard InChI is InChI=1S/C25H25N3O4/c1-17-10-12-18(13-11-17)15-26-23(29)21-8-3-4-9-22(21)28-25(31)24(30)27-16-19-6-5-7-20(14-19)32-2/h3-14H,15-16H2,1-2H3,(H,26,29)(H,27,30)(H,28,31). The molecule has 0 aliphatic heterocycles. The van der Waals surface area contributed by atoms with Gasteiger partial charge in [-0.1, -0.05) is 54.1 Å². The summed E-state index contributed by atoms with van der Waals surface area (Å²) in [5.41, 5.74) is 3.42. The lowest BCUT2D eigenvalue weighted by atomic mass is 10.1. The van der Waals surface area contributed by atoms with Gasteiger partial charge in [0.1, 0.15) is 5.75 Å². The van der Waals surface area contributed by atoms with Crippen LogP contribution in [0.25, 0.3) is 0 Å². The van der Waals surface area contributed by atoms with E-state index in [2.05, 4.69) is 16.0 Å². The van der Waals surface area contributed by atoms with Crippen molar-refractivity contribution in [1.82, 2.24) is 10.6 Å². The van der Waals surface area contributed by atoms with Crippen LogP contribution in [0.15, 0.2) is 72.8 Å². The Kier molecular flexibility index (Phi) is 7.59. The second kappa shape index (κ2) is 10.8. The summed E-state index contributed by atoms with van der Waals surface area (Å²) in [7, 11) is 1.56. The van der Waals surface area contributed by atoms with Gasteiger partial charge in [-0.25, -0.2) is 0 Å². The van der Waals surface area contributed by atoms with Crippen LogP contribution in [0, 0.1) is 6.92 Å². The number of aryl methyl sites for hydroxylation is 1. The lowest BCUT2D eigenvalue weighted by Gasteiger charge is -2.12. The van der Waals surface area contributed by atoms with Crippen molar-refractivity contribution in [3.05, 3.63) is 95.1 Å². The summed E-state index contributed by atoms with van der Waals surface area (Å²) in [5.74, 6) is -1.35. The molecule has 164 valence electrons. The first-order valence-corrected chi connectivity index (χ1v) is 10.1. The number of nitrogens with one attached hydrogen (secondary N) is 3. The van der Waals surface area contributed by atoms with E-state index in [0.29, 0.717) is 12.3 Å². The Bertz CT molecular complexity index is 1110. The third kappa shape index (κ3) is 6.18. The summed E-state index contributed by atoms with van der Waals surface area (Å²) < 4.78 is 5.15. The monoisotopic (exact) mass is 431 g/mol. The fraction of sp³-hybridized carbons (Fsp3) is 0.160. The van der Waals surface area contributed by atoms with Crippen molar-refractivity contribution < 1.29 is 19.1 Å². The van der Waals surface area contributed by atoms with Crippen LogP contribution in [0.4, 0.5) is 5.69 Å². The van der Waals surface area contributed by atoms with Gasteiger partial charge in [0, 0.05) is 13.1 Å². The fourth-order valence-corrected chi connectivity index (χ4v) is 3.00. The maximum absolute atomic E-state index is 12.7. The number of hydrogen-bond acceptors (Lipinski definition) is 4. The summed E-state index contributed by atoms with van der Waals surface area (Å²) >= 11 is 0. The molecule has 0 heterocycles. The predicted molar refractivity (Wildman–Crippen MR) is 122 cm³/mol. The molecular weight excluding hydrogens is 406 g/mol. The van der Waals surface area contributed by atoms with E-state index in [1.54, 1.807) is 49.6 Å². The van der Waals surface area contributed by atoms with E-state index < -0.39 is 11.8 Å². The number of anilines is 1. The van der Waals surface area contributed by atoms with E-state index in [4.69, 9.17) is 4.74 Å². The van der Waals surface area contributed by atoms with Crippen LogP contribution in [0.2, 0.25) is 0 Å². The number of para-hydroxylation sites is 1. The van der Waals surface area contributed by atoms with Gasteiger partial charge in [0.05, 0.1) is 18.4 Å². The average Bonchev–Trinajstić information content (AvgIpc) is 2.82. The van der Waals surface area contributed by atoms with Crippen LogP contribution in [-0.2, 0) is 22.7 Å². The van der Waals surface area contributed by atoms with E-state index in [-0.39, 0.29) is 23.7 Å². The van der Waals surface area contributed by atoms with Crippen molar-refractivity contribution in [2.24, 2.45) is 0 Å². The summed E-state index contributed by atoms with van der Waals surface area (Å²) in [5, 5.41) is 7.91. The molecule has 0 saturated heterocycles. The lowest BCUT2D eigenvalue weighted by molar-refractivity contribution is -0.136. The molecule has 0 radical (unpaired) electrons. The van der Waals surface area contributed by atoms with Crippen molar-refractivity contribution in [3.63, 3.8) is 0 Å². The number of benzene rings is 3. The van der Waals surface area contributed by atoms with Crippen LogP contribution in [-0.4, -0.2) is 24.8 Å². The Morgan fingerprint density at radius 1 is 0.781 bits per heavy atom. The average molecular weight is 431 g/mol. The zero-order valence-electron chi connectivity index (χ0n) is 18.0. The van der Waals surface area contributed by atoms with E-state index >= 15 is 0 Å². The maximum atomic E-state index is 12.7. The molecular formula is C25H25N3O4. The maximum Gasteiger partial charge on any atom is 0.313 e. The van der Waals surface area contributed by atoms with Gasteiger partial charge in [-0.15, -0.1) is 0 Å². The first-order valence-electron chi connectivity index (χ1n) is 10.1. The number of methoxy groups -OCH3 is 1. The molecule has 3 amide bonds. The predicted octanol–water partition coefficient (Wildman–Crippen LogP) is 3.19. The molecule has 0 atom stereocenters. The van der Waals surface area contributed by atoms with E-state index in [1.165, 1.54) is 0 Å². The number of rotatable bonds is 7. The molecule has 3 aromatic rings. The van der Waals surface area contributed by atoms with Crippen LogP contribution >= 0.6 is 0 Å². The Balaban J connectivity index is 1.59. The minimum atomic E-state index is -0.855. The molecule has 3 rings (SSSR count). The van der Waals surface area contributed by atoms with Crippen LogP contribution in [0.5, 0.6) is 5.75 Å². The minimum absolute atomic E-state index is 0.169. The van der Waals surface area contributed by atoms with Crippen molar-refractivity contribution in [2.45, 2.75) is 20.0 Å². The molecule has 7 heteroatoms. The van der Waals surface area contributed by atoms with E-state index in [0.717, 1.165) is 16.7 Å². The van der Waals surface area contributed by atoms with Gasteiger partial charge in [0.15, 0.2) is 0 Å². The minimum Gasteiger partial charge on any atom is -0.497 e. The SMILES string of the molecule is COc1cccc(CNC(=O)C(=O)Nc2ccccc2C(=O)NCc2ccc(C)cc2)c1. The van der Waals surface area contributed by atoms with Gasteiger partial charge in [0.25, 0.3) is 5.91 Å². The topological polar surface area (TPSA) is 96.5 Å². The molecule has 0 fully saturated rings. The summed E-state index contributed by atoms with van der Waals surface area (Å²) in [6, 6.07) is 21.5. The Labute approximate surface area is 186 Å². The Morgan fingerprint density at radius 3 is 2.25 bits per heavy atom. The van der Waals surface area contributed by atoms with Crippen molar-refractivity contribution in [3.8, 4) is 5.75 Å². The normalized spacial score (nSPS) is 10.2. The second-order valence-corrected chi connectivity index (χ2v) is 7.20. The van der Waals surface area contributed by atoms with Crippen molar-refractivity contribution >= 4 is 23.4 Å². The molecule has 32 heavy (non-hydrogen) atoms. The number of ether oxygens (including phenoxy) is 1. The number of carbonyl (C=O) groups is 3. The summed E-state index contributed by atoms with van der Waals surface area (Å²) in [6.45, 7) is 2.51. The molecule has 0 bridgehead atoms. The number of amides is 3. The molecule has 3 N–H and O–H groups in total. The number of hydrogen-bond donors (Lipinski definition) is 3. The first-order chi connectivity index (χ1) is 15.5. The molecule has 0 aliphatic carbocycles. The quantitative estimate of drug-likeness (QED) is 0.501. The zero-order chi connectivity index (χ0) is 22.9. The van der Waals surface area contributed by atoms with Gasteiger partial charge in [-0.2, -0.15) is 0 Å². The van der Waals surface area contributed by atoms with E-state index in [1.807, 2.05) is 37.3 Å². The molecule has 0 spiro atoms. The molecule has 3 aromatic carbocycles. The number of carbonyl (C=O) groups excluding carboxylic acids is 3. The lowest BCUT2D eigenvalue weighted by Crippen LogP contribution is -2.35. The van der Waals surface area contributed by atoms with Crippen LogP contribution in [0.3, 0.4) is 0 Å². The van der Waals surface area contributed by atoms with Crippen molar-refractivity contribution in [2.75, 3.05) is 12.4 Å². The van der Waals surface area contributed by atoms with Gasteiger partial charge >= 0.3 is 11.8 Å². The van der Waals surface area contributed by atoms with Crippen molar-refractivity contribution in [1.29, 1.82) is 0 Å². The van der Waals surface area contributed by atoms with E-state index in [9.17, 15) is 14.4 Å². The fourth-order valence-electron chi connectivity index (χ4n) is 3.00. The third-order valence-corrected chi connectivity index (χ3v) is 4.79. The third-order valence-electron chi connectivity index (χ3n) is 4.79. The molecule has 7 nitrogen and oxygen atoms in total. The first kappa shape index (κ1) is 22.6. The van der Waals surface area contributed by atoms with Gasteiger partial charge < -0.3 is 20.7 Å². The molecule has 0 saturated carbocycles. The second-order valence-electron chi connectivity index (χ2n) is 7.20. The van der Waals surface area contributed by atoms with Crippen LogP contribution in [0.1, 0.15) is 27.0 Å². The van der Waals surface area contributed by atoms with Gasteiger partial charge in [-0.05, 0) is 42.3 Å². The molecule has 0 aromatic heterocycles. The summed E-state index contributed by atoms with van der Waals surface area (Å²) in [4.78, 5) is 37.3. The van der Waals surface area contributed by atoms with Crippen LogP contribution < -0.4 is 20.7 Å². The van der Waals surface area contributed by atoms with Gasteiger partial charge in [-0.3, -0.25) is 14.4 Å².